The Morgan fingerprint density at radius 2 is 1.30 bits per heavy atom. The van der Waals surface area contributed by atoms with Crippen molar-refractivity contribution in [2.24, 2.45) is 5.10 Å². The van der Waals surface area contributed by atoms with Crippen LogP contribution in [0.5, 0.6) is 0 Å². The average molecular weight is 425 g/mol. The van der Waals surface area contributed by atoms with Gasteiger partial charge in [0.1, 0.15) is 0 Å². The fraction of sp³-hybridized carbons (Fsp3) is 0.0645. The van der Waals surface area contributed by atoms with Gasteiger partial charge in [-0.15, -0.1) is 0 Å². The van der Waals surface area contributed by atoms with E-state index in [9.17, 15) is 0 Å². The van der Waals surface area contributed by atoms with Crippen LogP contribution in [0.3, 0.4) is 0 Å². The lowest BCUT2D eigenvalue weighted by molar-refractivity contribution is 1.00. The third-order valence-corrected chi connectivity index (χ3v) is 6.51. The molecule has 2 heteroatoms. The summed E-state index contributed by atoms with van der Waals surface area (Å²) >= 11 is 0. The summed E-state index contributed by atoms with van der Waals surface area (Å²) in [6.45, 7) is 0. The van der Waals surface area contributed by atoms with Crippen molar-refractivity contribution in [2.75, 3.05) is 12.1 Å². The second-order valence-corrected chi connectivity index (χ2v) is 8.57. The van der Waals surface area contributed by atoms with E-state index in [1.807, 2.05) is 18.3 Å². The molecule has 0 unspecified atom stereocenters. The van der Waals surface area contributed by atoms with Crippen LogP contribution >= 0.6 is 0 Å². The summed E-state index contributed by atoms with van der Waals surface area (Å²) < 4.78 is 0. The Balaban J connectivity index is 1.39. The minimum Gasteiger partial charge on any atom is -0.268 e. The summed E-state index contributed by atoms with van der Waals surface area (Å²) in [6.07, 6.45) is 2.88. The second kappa shape index (κ2) is 8.07. The Morgan fingerprint density at radius 3 is 2.12 bits per heavy atom. The fourth-order valence-electron chi connectivity index (χ4n) is 4.87. The van der Waals surface area contributed by atoms with E-state index in [4.69, 9.17) is 5.10 Å². The van der Waals surface area contributed by atoms with Crippen molar-refractivity contribution < 1.29 is 0 Å². The molecule has 0 saturated carbocycles. The number of anilines is 1. The van der Waals surface area contributed by atoms with Crippen LogP contribution in [-0.4, -0.2) is 13.3 Å². The van der Waals surface area contributed by atoms with Crippen LogP contribution < -0.4 is 5.01 Å². The van der Waals surface area contributed by atoms with E-state index >= 15 is 0 Å². The Labute approximate surface area is 193 Å². The van der Waals surface area contributed by atoms with E-state index in [2.05, 4.69) is 109 Å². The van der Waals surface area contributed by atoms with Gasteiger partial charge in [0.2, 0.25) is 0 Å². The molecule has 6 aromatic carbocycles. The van der Waals surface area contributed by atoms with Crippen molar-refractivity contribution in [3.63, 3.8) is 0 Å². The van der Waals surface area contributed by atoms with Gasteiger partial charge < -0.3 is 0 Å². The van der Waals surface area contributed by atoms with Crippen molar-refractivity contribution in [2.45, 2.75) is 6.42 Å². The van der Waals surface area contributed by atoms with Gasteiger partial charge in [0.05, 0.1) is 11.9 Å². The van der Waals surface area contributed by atoms with Crippen molar-refractivity contribution in [3.05, 3.63) is 126 Å². The Kier molecular flexibility index (Phi) is 4.77. The quantitative estimate of drug-likeness (QED) is 0.158. The third-order valence-electron chi connectivity index (χ3n) is 6.51. The first-order chi connectivity index (χ1) is 16.3. The molecule has 0 bridgehead atoms. The molecule has 0 atom stereocenters. The van der Waals surface area contributed by atoms with E-state index in [1.165, 1.54) is 43.4 Å². The molecule has 0 aliphatic carbocycles. The first-order valence-electron chi connectivity index (χ1n) is 11.3. The highest BCUT2D eigenvalue weighted by atomic mass is 15.4. The molecule has 158 valence electrons. The van der Waals surface area contributed by atoms with Gasteiger partial charge >= 0.3 is 0 Å². The topological polar surface area (TPSA) is 15.6 Å². The smallest absolute Gasteiger partial charge is 0.0625 e. The molecule has 0 aliphatic heterocycles. The van der Waals surface area contributed by atoms with Gasteiger partial charge in [-0.1, -0.05) is 103 Å². The zero-order valence-corrected chi connectivity index (χ0v) is 18.6. The Bertz CT molecular complexity index is 1580. The molecule has 6 rings (SSSR count). The van der Waals surface area contributed by atoms with E-state index in [1.54, 1.807) is 0 Å². The SMILES string of the molecule is CN(N=Cc1ccc2ccc3cccc4ccc1c2c34)c1ccccc1Cc1ccccc1. The summed E-state index contributed by atoms with van der Waals surface area (Å²) in [5.74, 6) is 0. The van der Waals surface area contributed by atoms with Crippen LogP contribution in [0.2, 0.25) is 0 Å². The number of hydrogen-bond donors (Lipinski definition) is 0. The van der Waals surface area contributed by atoms with Gasteiger partial charge in [0.15, 0.2) is 0 Å². The van der Waals surface area contributed by atoms with Crippen LogP contribution in [0.4, 0.5) is 5.69 Å². The minimum absolute atomic E-state index is 0.885. The highest BCUT2D eigenvalue weighted by Crippen LogP contribution is 2.35. The van der Waals surface area contributed by atoms with Crippen LogP contribution in [0.1, 0.15) is 16.7 Å². The van der Waals surface area contributed by atoms with Gasteiger partial charge in [-0.05, 0) is 55.9 Å². The molecule has 0 aliphatic rings. The van der Waals surface area contributed by atoms with Crippen LogP contribution in [-0.2, 0) is 6.42 Å². The van der Waals surface area contributed by atoms with Gasteiger partial charge in [-0.2, -0.15) is 5.10 Å². The van der Waals surface area contributed by atoms with Crippen molar-refractivity contribution in [1.82, 2.24) is 0 Å². The van der Waals surface area contributed by atoms with Crippen molar-refractivity contribution >= 4 is 44.2 Å². The number of rotatable bonds is 5. The lowest BCUT2D eigenvalue weighted by Gasteiger charge is -2.18. The monoisotopic (exact) mass is 424 g/mol. The molecule has 0 saturated heterocycles. The Morgan fingerprint density at radius 1 is 0.636 bits per heavy atom. The van der Waals surface area contributed by atoms with Crippen molar-refractivity contribution in [1.29, 1.82) is 0 Å². The van der Waals surface area contributed by atoms with E-state index in [0.29, 0.717) is 0 Å². The largest absolute Gasteiger partial charge is 0.268 e. The summed E-state index contributed by atoms with van der Waals surface area (Å²) in [5, 5.41) is 14.6. The van der Waals surface area contributed by atoms with Crippen LogP contribution in [0, 0.1) is 0 Å². The van der Waals surface area contributed by atoms with E-state index < -0.39 is 0 Å². The highest BCUT2D eigenvalue weighted by molar-refractivity contribution is 6.25. The predicted molar refractivity (Wildman–Crippen MR) is 142 cm³/mol. The van der Waals surface area contributed by atoms with Crippen LogP contribution in [0.25, 0.3) is 32.3 Å². The molecule has 0 radical (unpaired) electrons. The van der Waals surface area contributed by atoms with E-state index in [0.717, 1.165) is 17.7 Å². The van der Waals surface area contributed by atoms with Gasteiger partial charge in [-0.25, -0.2) is 0 Å². The maximum atomic E-state index is 4.86. The highest BCUT2D eigenvalue weighted by Gasteiger charge is 2.11. The molecule has 0 aromatic heterocycles. The lowest BCUT2D eigenvalue weighted by atomic mass is 9.92. The van der Waals surface area contributed by atoms with Crippen LogP contribution in [0.15, 0.2) is 114 Å². The summed E-state index contributed by atoms with van der Waals surface area (Å²) in [4.78, 5) is 0. The fourth-order valence-corrected chi connectivity index (χ4v) is 4.87. The first kappa shape index (κ1) is 19.5. The average Bonchev–Trinajstić information content (AvgIpc) is 2.87. The van der Waals surface area contributed by atoms with Crippen molar-refractivity contribution in [3.8, 4) is 0 Å². The molecular weight excluding hydrogens is 400 g/mol. The normalized spacial score (nSPS) is 11.8. The van der Waals surface area contributed by atoms with Gasteiger partial charge in [0.25, 0.3) is 0 Å². The summed E-state index contributed by atoms with van der Waals surface area (Å²) in [6, 6.07) is 38.9. The number of hydrazone groups is 1. The van der Waals surface area contributed by atoms with Gasteiger partial charge in [-0.3, -0.25) is 5.01 Å². The molecule has 2 nitrogen and oxygen atoms in total. The third kappa shape index (κ3) is 3.50. The number of hydrogen-bond acceptors (Lipinski definition) is 2. The Hall–Kier alpha value is -4.17. The maximum Gasteiger partial charge on any atom is 0.0625 e. The zero-order valence-electron chi connectivity index (χ0n) is 18.6. The molecule has 0 spiro atoms. The predicted octanol–water partition coefficient (Wildman–Crippen LogP) is 7.65. The molecule has 33 heavy (non-hydrogen) atoms. The molecule has 0 heterocycles. The molecule has 0 amide bonds. The minimum atomic E-state index is 0.885. The second-order valence-electron chi connectivity index (χ2n) is 8.57. The van der Waals surface area contributed by atoms with Gasteiger partial charge in [0, 0.05) is 12.6 Å². The lowest BCUT2D eigenvalue weighted by Crippen LogP contribution is -2.11. The maximum absolute atomic E-state index is 4.86. The standard InChI is InChI=1S/C31H24N2/c1-33(29-13-6-5-10-26(29)20-22-8-3-2-4-9-22)32-21-27-17-16-25-15-14-23-11-7-12-24-18-19-28(27)31(25)30(23)24/h2-19,21H,20H2,1H3. The molecule has 6 aromatic rings. The number of para-hydroxylation sites is 1. The molecule has 0 fully saturated rings. The summed E-state index contributed by atoms with van der Waals surface area (Å²) in [7, 11) is 2.02. The number of nitrogens with zero attached hydrogens (tertiary/aromatic N) is 2. The van der Waals surface area contributed by atoms with E-state index in [-0.39, 0.29) is 0 Å². The molecule has 0 N–H and O–H groups in total. The summed E-state index contributed by atoms with van der Waals surface area (Å²) in [5.41, 5.74) is 4.82. The first-order valence-corrected chi connectivity index (χ1v) is 11.3. The zero-order chi connectivity index (χ0) is 22.2. The number of benzene rings is 6. The molecular formula is C31H24N2.